The van der Waals surface area contributed by atoms with Gasteiger partial charge in [-0.3, -0.25) is 0 Å². The third kappa shape index (κ3) is 2.22. The van der Waals surface area contributed by atoms with Gasteiger partial charge in [-0.05, 0) is 12.8 Å². The molecule has 0 spiro atoms. The first kappa shape index (κ1) is 12.2. The zero-order valence-corrected chi connectivity index (χ0v) is 8.90. The summed E-state index contributed by atoms with van der Waals surface area (Å²) >= 11 is 0. The van der Waals surface area contributed by atoms with Crippen LogP contribution in [0.15, 0.2) is 0 Å². The maximum Gasteiger partial charge on any atom is 0.155 e. The molecule has 0 radical (unpaired) electrons. The molecule has 6 heteroatoms. The van der Waals surface area contributed by atoms with Crippen LogP contribution in [0.5, 0.6) is 0 Å². The average Bonchev–Trinajstić information content (AvgIpc) is 2.27. The van der Waals surface area contributed by atoms with Gasteiger partial charge in [0, 0.05) is 13.0 Å². The van der Waals surface area contributed by atoms with Crippen LogP contribution in [0.2, 0.25) is 0 Å². The van der Waals surface area contributed by atoms with Crippen molar-refractivity contribution in [2.24, 2.45) is 0 Å². The molecule has 3 unspecified atom stereocenters. The van der Waals surface area contributed by atoms with Crippen LogP contribution >= 0.6 is 0 Å². The van der Waals surface area contributed by atoms with Crippen molar-refractivity contribution in [1.82, 2.24) is 0 Å². The maximum absolute atomic E-state index is 9.84. The molecular weight excluding hydrogens is 216 g/mol. The lowest BCUT2D eigenvalue weighted by atomic mass is 9.90. The quantitative estimate of drug-likeness (QED) is 0.457. The van der Waals surface area contributed by atoms with Gasteiger partial charge in [-0.25, -0.2) is 0 Å². The molecule has 0 aromatic carbocycles. The number of aliphatic hydroxyl groups excluding tert-OH is 4. The van der Waals surface area contributed by atoms with Crippen LogP contribution in [0.1, 0.15) is 19.3 Å². The molecule has 2 rings (SSSR count). The summed E-state index contributed by atoms with van der Waals surface area (Å²) in [5.41, 5.74) is 0. The van der Waals surface area contributed by atoms with Crippen LogP contribution in [0.4, 0.5) is 0 Å². The number of fused-ring (bicyclic) bond motifs is 1. The molecule has 16 heavy (non-hydrogen) atoms. The number of hydrogen-bond acceptors (Lipinski definition) is 6. The first-order valence-electron chi connectivity index (χ1n) is 5.59. The van der Waals surface area contributed by atoms with Crippen LogP contribution < -0.4 is 0 Å². The normalized spacial score (nSPS) is 48.8. The van der Waals surface area contributed by atoms with Gasteiger partial charge in [0.15, 0.2) is 6.29 Å². The molecule has 94 valence electrons. The van der Waals surface area contributed by atoms with Crippen LogP contribution in [0.25, 0.3) is 0 Å². The summed E-state index contributed by atoms with van der Waals surface area (Å²) in [5, 5.41) is 37.7. The topological polar surface area (TPSA) is 99.4 Å². The van der Waals surface area contributed by atoms with E-state index in [0.29, 0.717) is 12.8 Å². The Kier molecular flexibility index (Phi) is 3.78. The van der Waals surface area contributed by atoms with Crippen LogP contribution in [0, 0.1) is 0 Å². The van der Waals surface area contributed by atoms with Crippen LogP contribution in [-0.2, 0) is 9.47 Å². The lowest BCUT2D eigenvalue weighted by molar-refractivity contribution is -0.293. The Hall–Kier alpha value is -0.240. The minimum absolute atomic E-state index is 0.102. The summed E-state index contributed by atoms with van der Waals surface area (Å²) in [6.45, 7) is -0.102. The molecule has 2 fully saturated rings. The molecule has 2 saturated heterocycles. The summed E-state index contributed by atoms with van der Waals surface area (Å²) in [7, 11) is 0. The van der Waals surface area contributed by atoms with Gasteiger partial charge in [-0.2, -0.15) is 0 Å². The monoisotopic (exact) mass is 234 g/mol. The third-order valence-corrected chi connectivity index (χ3v) is 3.21. The highest BCUT2D eigenvalue weighted by molar-refractivity contribution is 4.94. The van der Waals surface area contributed by atoms with Crippen molar-refractivity contribution in [1.29, 1.82) is 0 Å². The second-order valence-electron chi connectivity index (χ2n) is 4.34. The van der Waals surface area contributed by atoms with E-state index in [1.165, 1.54) is 0 Å². The zero-order valence-electron chi connectivity index (χ0n) is 8.90. The first-order chi connectivity index (χ1) is 7.63. The molecule has 0 saturated carbocycles. The number of ether oxygens (including phenoxy) is 2. The van der Waals surface area contributed by atoms with Crippen LogP contribution in [0.3, 0.4) is 0 Å². The number of aliphatic hydroxyl groups is 4. The maximum atomic E-state index is 9.84. The number of rotatable bonds is 2. The van der Waals surface area contributed by atoms with Gasteiger partial charge < -0.3 is 29.9 Å². The number of hydrogen-bond donors (Lipinski definition) is 4. The molecule has 0 aromatic rings. The SMILES string of the molecule is OCCC1O[C@H]2CC[C@@H](O)O[C@@H]2C(O)C1O. The lowest BCUT2D eigenvalue weighted by Crippen LogP contribution is -2.60. The van der Waals surface area contributed by atoms with Crippen molar-refractivity contribution in [3.05, 3.63) is 0 Å². The Bertz CT molecular complexity index is 233. The minimum Gasteiger partial charge on any atom is -0.396 e. The molecule has 0 bridgehead atoms. The molecule has 2 aliphatic heterocycles. The Balaban J connectivity index is 2.04. The van der Waals surface area contributed by atoms with E-state index in [0.717, 1.165) is 0 Å². The largest absolute Gasteiger partial charge is 0.396 e. The standard InChI is InChI=1S/C10H18O6/c11-4-3-5-8(13)9(14)10-6(15-5)1-2-7(12)16-10/h5-14H,1-4H2/t5?,6-,7-,8?,9?,10-/m0/s1. The third-order valence-electron chi connectivity index (χ3n) is 3.21. The molecule has 0 aromatic heterocycles. The van der Waals surface area contributed by atoms with Crippen molar-refractivity contribution in [2.75, 3.05) is 6.61 Å². The van der Waals surface area contributed by atoms with Gasteiger partial charge in [0.25, 0.3) is 0 Å². The summed E-state index contributed by atoms with van der Waals surface area (Å²) in [5.74, 6) is 0. The van der Waals surface area contributed by atoms with E-state index in [2.05, 4.69) is 0 Å². The van der Waals surface area contributed by atoms with E-state index in [1.54, 1.807) is 0 Å². The highest BCUT2D eigenvalue weighted by Crippen LogP contribution is 2.32. The molecule has 0 aliphatic carbocycles. The highest BCUT2D eigenvalue weighted by Gasteiger charge is 2.47. The Morgan fingerprint density at radius 3 is 2.44 bits per heavy atom. The summed E-state index contributed by atoms with van der Waals surface area (Å²) in [6, 6.07) is 0. The van der Waals surface area contributed by atoms with E-state index in [9.17, 15) is 15.3 Å². The summed E-state index contributed by atoms with van der Waals surface area (Å²) in [6.07, 6.45) is -3.32. The van der Waals surface area contributed by atoms with E-state index in [4.69, 9.17) is 14.6 Å². The summed E-state index contributed by atoms with van der Waals surface area (Å²) < 4.78 is 10.7. The Morgan fingerprint density at radius 2 is 1.75 bits per heavy atom. The predicted octanol–water partition coefficient (Wildman–Crippen LogP) is -1.64. The van der Waals surface area contributed by atoms with Gasteiger partial charge in [0.1, 0.15) is 18.3 Å². The van der Waals surface area contributed by atoms with Crippen LogP contribution in [-0.4, -0.2) is 63.8 Å². The fourth-order valence-corrected chi connectivity index (χ4v) is 2.34. The van der Waals surface area contributed by atoms with Gasteiger partial charge in [-0.1, -0.05) is 0 Å². The van der Waals surface area contributed by atoms with E-state index in [-0.39, 0.29) is 19.1 Å². The van der Waals surface area contributed by atoms with Gasteiger partial charge in [-0.15, -0.1) is 0 Å². The molecule has 6 atom stereocenters. The molecule has 4 N–H and O–H groups in total. The minimum atomic E-state index is -1.08. The van der Waals surface area contributed by atoms with Crippen molar-refractivity contribution in [3.63, 3.8) is 0 Å². The van der Waals surface area contributed by atoms with E-state index < -0.39 is 30.7 Å². The van der Waals surface area contributed by atoms with Gasteiger partial charge in [0.05, 0.1) is 12.2 Å². The average molecular weight is 234 g/mol. The van der Waals surface area contributed by atoms with Crippen molar-refractivity contribution in [3.8, 4) is 0 Å². The fourth-order valence-electron chi connectivity index (χ4n) is 2.34. The van der Waals surface area contributed by atoms with E-state index >= 15 is 0 Å². The Morgan fingerprint density at radius 1 is 1.00 bits per heavy atom. The highest BCUT2D eigenvalue weighted by atomic mass is 16.6. The molecule has 2 aliphatic rings. The second-order valence-corrected chi connectivity index (χ2v) is 4.34. The lowest BCUT2D eigenvalue weighted by Gasteiger charge is -2.45. The van der Waals surface area contributed by atoms with Gasteiger partial charge >= 0.3 is 0 Å². The van der Waals surface area contributed by atoms with Crippen molar-refractivity contribution in [2.45, 2.75) is 56.1 Å². The molecular formula is C10H18O6. The second kappa shape index (κ2) is 4.95. The van der Waals surface area contributed by atoms with E-state index in [1.807, 2.05) is 0 Å². The Labute approximate surface area is 93.4 Å². The zero-order chi connectivity index (χ0) is 11.7. The van der Waals surface area contributed by atoms with Crippen molar-refractivity contribution >= 4 is 0 Å². The van der Waals surface area contributed by atoms with Gasteiger partial charge in [0.2, 0.25) is 0 Å². The first-order valence-corrected chi connectivity index (χ1v) is 5.59. The summed E-state index contributed by atoms with van der Waals surface area (Å²) in [4.78, 5) is 0. The molecule has 0 amide bonds. The smallest absolute Gasteiger partial charge is 0.155 e. The van der Waals surface area contributed by atoms with Crippen molar-refractivity contribution < 1.29 is 29.9 Å². The fraction of sp³-hybridized carbons (Fsp3) is 1.00. The predicted molar refractivity (Wildman–Crippen MR) is 52.5 cm³/mol. The molecule has 2 heterocycles. The molecule has 6 nitrogen and oxygen atoms in total.